The van der Waals surface area contributed by atoms with Gasteiger partial charge < -0.3 is 5.73 Å². The largest absolute Gasteiger partial charge is 0.399 e. The van der Waals surface area contributed by atoms with E-state index in [0.29, 0.717) is 12.2 Å². The molecule has 5 heteroatoms. The van der Waals surface area contributed by atoms with Crippen LogP contribution in [0.5, 0.6) is 0 Å². The Bertz CT molecular complexity index is 1240. The molecule has 2 N–H and O–H groups in total. The van der Waals surface area contributed by atoms with Gasteiger partial charge in [0.15, 0.2) is 0 Å². The van der Waals surface area contributed by atoms with Crippen molar-refractivity contribution in [3.63, 3.8) is 0 Å². The van der Waals surface area contributed by atoms with E-state index in [0.717, 1.165) is 51.7 Å². The highest BCUT2D eigenvalue weighted by molar-refractivity contribution is 5.79. The zero-order valence-corrected chi connectivity index (χ0v) is 22.6. The highest BCUT2D eigenvalue weighted by Crippen LogP contribution is 2.31. The molecule has 1 saturated carbocycles. The number of hydrogen-bond donors (Lipinski definition) is 1. The molecule has 5 rings (SSSR count). The standard InChI is InChI=1S/C18H17N3.C11H14FN.C4H8/c1-2-13-5-3-4-6-16(13)18-17(20-11-12-21-18)14-7-9-15(19)10-8-14;1-3-5-10-6-8-11(9-7-10)13(12)4-2;1-2-4-3-1/h3-12H,2,19H2,1H3;3,6-9H,1,4-5H2,2H3;1-4H2. The van der Waals surface area contributed by atoms with Crippen molar-refractivity contribution in [3.05, 3.63) is 109 Å². The van der Waals surface area contributed by atoms with Crippen LogP contribution in [-0.2, 0) is 12.8 Å². The van der Waals surface area contributed by atoms with Crippen LogP contribution in [0.2, 0.25) is 0 Å². The number of aryl methyl sites for hydroxylation is 1. The van der Waals surface area contributed by atoms with Gasteiger partial charge in [-0.2, -0.15) is 0 Å². The molecule has 0 saturated heterocycles. The van der Waals surface area contributed by atoms with Crippen LogP contribution in [0.15, 0.2) is 97.8 Å². The Labute approximate surface area is 227 Å². The molecular weight excluding hydrogens is 471 g/mol. The molecule has 0 radical (unpaired) electrons. The van der Waals surface area contributed by atoms with Gasteiger partial charge in [-0.15, -0.1) is 6.58 Å². The smallest absolute Gasteiger partial charge is 0.0967 e. The van der Waals surface area contributed by atoms with Crippen LogP contribution < -0.4 is 10.9 Å². The Hall–Kier alpha value is -3.99. The van der Waals surface area contributed by atoms with E-state index in [1.54, 1.807) is 31.5 Å². The number of rotatable bonds is 7. The first-order chi connectivity index (χ1) is 18.6. The van der Waals surface area contributed by atoms with Gasteiger partial charge in [-0.1, -0.05) is 91.7 Å². The van der Waals surface area contributed by atoms with Crippen molar-refractivity contribution in [2.45, 2.75) is 52.4 Å². The normalized spacial score (nSPS) is 11.7. The molecule has 4 aromatic rings. The van der Waals surface area contributed by atoms with Crippen LogP contribution in [-0.4, -0.2) is 16.5 Å². The lowest BCUT2D eigenvalue weighted by Gasteiger charge is -2.11. The van der Waals surface area contributed by atoms with E-state index in [4.69, 9.17) is 5.73 Å². The van der Waals surface area contributed by atoms with Gasteiger partial charge in [0, 0.05) is 35.8 Å². The SMILES string of the molecule is C1CCC1.C=CCc1ccc(N(F)CC)cc1.CCc1ccccc1-c1nccnc1-c1ccc(N)cc1. The molecule has 4 nitrogen and oxygen atoms in total. The first-order valence-electron chi connectivity index (χ1n) is 13.5. The number of benzene rings is 3. The minimum absolute atomic E-state index is 0.376. The van der Waals surface area contributed by atoms with Crippen molar-refractivity contribution in [1.29, 1.82) is 0 Å². The van der Waals surface area contributed by atoms with E-state index in [-0.39, 0.29) is 0 Å². The maximum Gasteiger partial charge on any atom is 0.0967 e. The number of nitrogens with two attached hydrogens (primary N) is 1. The topological polar surface area (TPSA) is 55.0 Å². The molecule has 0 bridgehead atoms. The summed E-state index contributed by atoms with van der Waals surface area (Å²) >= 11 is 0. The highest BCUT2D eigenvalue weighted by atomic mass is 19.2. The Morgan fingerprint density at radius 1 is 0.842 bits per heavy atom. The van der Waals surface area contributed by atoms with Gasteiger partial charge in [0.25, 0.3) is 0 Å². The predicted octanol–water partition coefficient (Wildman–Crippen LogP) is 8.64. The quantitative estimate of drug-likeness (QED) is 0.154. The number of nitrogens with zero attached hydrogens (tertiary/aromatic N) is 3. The van der Waals surface area contributed by atoms with E-state index in [1.807, 2.05) is 48.5 Å². The van der Waals surface area contributed by atoms with Crippen molar-refractivity contribution >= 4 is 11.4 Å². The Balaban J connectivity index is 0.000000199. The fourth-order valence-electron chi connectivity index (χ4n) is 3.84. The maximum atomic E-state index is 13.0. The molecule has 0 amide bonds. The third-order valence-electron chi connectivity index (χ3n) is 6.41. The summed E-state index contributed by atoms with van der Waals surface area (Å²) in [7, 11) is 0. The molecule has 38 heavy (non-hydrogen) atoms. The third-order valence-corrected chi connectivity index (χ3v) is 6.41. The summed E-state index contributed by atoms with van der Waals surface area (Å²) < 4.78 is 13.0. The highest BCUT2D eigenvalue weighted by Gasteiger charge is 2.12. The molecule has 0 spiro atoms. The summed E-state index contributed by atoms with van der Waals surface area (Å²) in [5, 5.41) is 0.720. The van der Waals surface area contributed by atoms with Gasteiger partial charge in [-0.3, -0.25) is 9.97 Å². The first-order valence-corrected chi connectivity index (χ1v) is 13.5. The molecule has 1 heterocycles. The molecular formula is C33H39FN4. The van der Waals surface area contributed by atoms with Crippen LogP contribution in [0.3, 0.4) is 0 Å². The molecule has 1 aromatic heterocycles. The van der Waals surface area contributed by atoms with Crippen molar-refractivity contribution in [1.82, 2.24) is 9.97 Å². The second-order valence-corrected chi connectivity index (χ2v) is 9.14. The van der Waals surface area contributed by atoms with Gasteiger partial charge in [-0.25, -0.2) is 5.12 Å². The number of hydrogen-bond acceptors (Lipinski definition) is 4. The average Bonchev–Trinajstić information content (AvgIpc) is 2.93. The molecule has 1 fully saturated rings. The number of anilines is 2. The van der Waals surface area contributed by atoms with Crippen molar-refractivity contribution in [2.75, 3.05) is 17.4 Å². The Kier molecular flexibility index (Phi) is 11.5. The molecule has 0 aliphatic heterocycles. The Morgan fingerprint density at radius 3 is 2.00 bits per heavy atom. The van der Waals surface area contributed by atoms with E-state index in [2.05, 4.69) is 41.7 Å². The van der Waals surface area contributed by atoms with Gasteiger partial charge in [0.05, 0.1) is 17.1 Å². The lowest BCUT2D eigenvalue weighted by molar-refractivity contribution is 0.444. The van der Waals surface area contributed by atoms with E-state index in [9.17, 15) is 4.48 Å². The zero-order valence-electron chi connectivity index (χ0n) is 22.6. The van der Waals surface area contributed by atoms with Crippen LogP contribution in [0.1, 0.15) is 50.7 Å². The van der Waals surface area contributed by atoms with Crippen LogP contribution >= 0.6 is 0 Å². The summed E-state index contributed by atoms with van der Waals surface area (Å²) in [6, 6.07) is 23.5. The van der Waals surface area contributed by atoms with Crippen molar-refractivity contribution in [3.8, 4) is 22.5 Å². The van der Waals surface area contributed by atoms with Crippen molar-refractivity contribution < 1.29 is 4.48 Å². The van der Waals surface area contributed by atoms with E-state index < -0.39 is 0 Å². The summed E-state index contributed by atoms with van der Waals surface area (Å²) in [5.74, 6) is 0. The van der Waals surface area contributed by atoms with Crippen LogP contribution in [0.25, 0.3) is 22.5 Å². The lowest BCUT2D eigenvalue weighted by atomic mass is 9.98. The fraction of sp³-hybridized carbons (Fsp3) is 0.273. The molecule has 0 atom stereocenters. The number of halogens is 1. The lowest BCUT2D eigenvalue weighted by Crippen LogP contribution is -2.09. The molecule has 3 aromatic carbocycles. The molecule has 0 unspecified atom stereocenters. The van der Waals surface area contributed by atoms with Gasteiger partial charge in [0.1, 0.15) is 0 Å². The number of aromatic nitrogens is 2. The van der Waals surface area contributed by atoms with Crippen molar-refractivity contribution in [2.24, 2.45) is 0 Å². The van der Waals surface area contributed by atoms with Gasteiger partial charge >= 0.3 is 0 Å². The first kappa shape index (κ1) is 28.6. The monoisotopic (exact) mass is 510 g/mol. The maximum absolute atomic E-state index is 13.0. The zero-order chi connectivity index (χ0) is 27.2. The molecule has 1 aliphatic rings. The summed E-state index contributed by atoms with van der Waals surface area (Å²) in [4.78, 5) is 9.09. The van der Waals surface area contributed by atoms with Gasteiger partial charge in [-0.05, 0) is 55.2 Å². The fourth-order valence-corrected chi connectivity index (χ4v) is 3.84. The second-order valence-electron chi connectivity index (χ2n) is 9.14. The second kappa shape index (κ2) is 15.3. The van der Waals surface area contributed by atoms with Gasteiger partial charge in [0.2, 0.25) is 0 Å². The summed E-state index contributed by atoms with van der Waals surface area (Å²) in [6.45, 7) is 7.95. The van der Waals surface area contributed by atoms with Crippen LogP contribution in [0.4, 0.5) is 15.9 Å². The minimum atomic E-state index is 0.376. The summed E-state index contributed by atoms with van der Waals surface area (Å²) in [5.41, 5.74) is 13.5. The van der Waals surface area contributed by atoms with Crippen LogP contribution in [0, 0.1) is 0 Å². The average molecular weight is 511 g/mol. The minimum Gasteiger partial charge on any atom is -0.399 e. The number of nitrogen functional groups attached to an aromatic ring is 1. The number of allylic oxidation sites excluding steroid dienone is 1. The Morgan fingerprint density at radius 2 is 1.45 bits per heavy atom. The predicted molar refractivity (Wildman–Crippen MR) is 160 cm³/mol. The van der Waals surface area contributed by atoms with E-state index in [1.165, 1.54) is 31.2 Å². The summed E-state index contributed by atoms with van der Waals surface area (Å²) in [6.07, 6.45) is 13.1. The molecule has 1 aliphatic carbocycles. The third kappa shape index (κ3) is 8.27. The molecule has 198 valence electrons. The van der Waals surface area contributed by atoms with E-state index >= 15 is 0 Å².